The van der Waals surface area contributed by atoms with Crippen LogP contribution < -0.4 is 5.32 Å². The van der Waals surface area contributed by atoms with Crippen LogP contribution in [0.4, 0.5) is 0 Å². The van der Waals surface area contributed by atoms with Gasteiger partial charge in [-0.2, -0.15) is 0 Å². The highest BCUT2D eigenvalue weighted by molar-refractivity contribution is 8.23. The van der Waals surface area contributed by atoms with Crippen LogP contribution in [-0.2, 0) is 14.3 Å². The Hall–Kier alpha value is -1.93. The Morgan fingerprint density at radius 3 is 2.48 bits per heavy atom. The lowest BCUT2D eigenvalue weighted by molar-refractivity contribution is -0.126. The van der Waals surface area contributed by atoms with Gasteiger partial charge < -0.3 is 10.1 Å². The van der Waals surface area contributed by atoms with Crippen LogP contribution in [0.3, 0.4) is 0 Å². The second-order valence-corrected chi connectivity index (χ2v) is 7.41. The molecule has 8 heteroatoms. The Balaban J connectivity index is 1.79. The normalized spacial score (nSPS) is 14.0. The summed E-state index contributed by atoms with van der Waals surface area (Å²) in [6.45, 7) is 5.85. The molecule has 1 N–H and O–H groups in total. The number of hydrogen-bond donors (Lipinski definition) is 1. The fraction of sp³-hybridized carbons (Fsp3) is 0.412. The molecule has 6 nitrogen and oxygen atoms in total. The molecule has 2 rings (SSSR count). The first-order chi connectivity index (χ1) is 11.8. The minimum atomic E-state index is -0.516. The molecule has 1 aliphatic rings. The second-order valence-electron chi connectivity index (χ2n) is 5.80. The summed E-state index contributed by atoms with van der Waals surface area (Å²) in [6.07, 6.45) is 0. The molecule has 1 saturated heterocycles. The van der Waals surface area contributed by atoms with Crippen LogP contribution in [0.2, 0.25) is 0 Å². The molecule has 0 unspecified atom stereocenters. The number of ether oxygens (including phenoxy) is 1. The zero-order valence-corrected chi connectivity index (χ0v) is 16.0. The summed E-state index contributed by atoms with van der Waals surface area (Å²) in [5.74, 6) is -0.640. The number of amides is 2. The monoisotopic (exact) mass is 380 g/mol. The van der Waals surface area contributed by atoms with Gasteiger partial charge in [0.25, 0.3) is 5.91 Å². The van der Waals surface area contributed by atoms with Crippen LogP contribution in [0, 0.1) is 20.8 Å². The van der Waals surface area contributed by atoms with Crippen LogP contribution in [0.15, 0.2) is 12.1 Å². The highest BCUT2D eigenvalue weighted by Crippen LogP contribution is 2.18. The topological polar surface area (TPSA) is 75.7 Å². The van der Waals surface area contributed by atoms with Gasteiger partial charge in [-0.1, -0.05) is 41.7 Å². The molecule has 1 heterocycles. The zero-order chi connectivity index (χ0) is 18.6. The molecule has 0 aliphatic carbocycles. The molecule has 0 aromatic heterocycles. The third-order valence-corrected chi connectivity index (χ3v) is 5.15. The van der Waals surface area contributed by atoms with Crippen molar-refractivity contribution >= 4 is 46.1 Å². The van der Waals surface area contributed by atoms with Gasteiger partial charge in [0, 0.05) is 13.1 Å². The van der Waals surface area contributed by atoms with Crippen LogP contribution in [0.5, 0.6) is 0 Å². The first kappa shape index (κ1) is 19.4. The van der Waals surface area contributed by atoms with Gasteiger partial charge in [0.1, 0.15) is 4.32 Å². The van der Waals surface area contributed by atoms with E-state index in [0.717, 1.165) is 16.7 Å². The molecule has 0 spiro atoms. The smallest absolute Gasteiger partial charge is 0.339 e. The van der Waals surface area contributed by atoms with Crippen LogP contribution in [0.25, 0.3) is 0 Å². The number of rotatable bonds is 6. The summed E-state index contributed by atoms with van der Waals surface area (Å²) < 4.78 is 5.62. The van der Waals surface area contributed by atoms with Crippen molar-refractivity contribution in [1.29, 1.82) is 0 Å². The van der Waals surface area contributed by atoms with Gasteiger partial charge in [-0.05, 0) is 31.9 Å². The fourth-order valence-electron chi connectivity index (χ4n) is 2.66. The second kappa shape index (κ2) is 8.44. The predicted molar refractivity (Wildman–Crippen MR) is 101 cm³/mol. The number of thioether (sulfide) groups is 1. The Morgan fingerprint density at radius 2 is 1.92 bits per heavy atom. The first-order valence-electron chi connectivity index (χ1n) is 7.78. The van der Waals surface area contributed by atoms with Gasteiger partial charge in [0.2, 0.25) is 5.91 Å². The van der Waals surface area contributed by atoms with Crippen molar-refractivity contribution in [3.8, 4) is 0 Å². The van der Waals surface area contributed by atoms with Crippen molar-refractivity contribution in [1.82, 2.24) is 10.2 Å². The number of nitrogens with one attached hydrogen (secondary N) is 1. The van der Waals surface area contributed by atoms with E-state index in [2.05, 4.69) is 5.32 Å². The summed E-state index contributed by atoms with van der Waals surface area (Å²) in [6, 6.07) is 3.80. The lowest BCUT2D eigenvalue weighted by atomic mass is 10.00. The lowest BCUT2D eigenvalue weighted by Gasteiger charge is -2.15. The third-order valence-electron chi connectivity index (χ3n) is 3.71. The summed E-state index contributed by atoms with van der Waals surface area (Å²) in [7, 11) is 0. The molecule has 0 bridgehead atoms. The lowest BCUT2D eigenvalue weighted by Crippen LogP contribution is -2.38. The number of benzene rings is 1. The van der Waals surface area contributed by atoms with Crippen molar-refractivity contribution in [2.75, 3.05) is 25.4 Å². The molecule has 0 radical (unpaired) electrons. The predicted octanol–water partition coefficient (Wildman–Crippen LogP) is 1.75. The minimum Gasteiger partial charge on any atom is -0.452 e. The highest BCUT2D eigenvalue weighted by Gasteiger charge is 2.26. The molecule has 2 amide bonds. The number of esters is 1. The fourth-order valence-corrected chi connectivity index (χ4v) is 3.78. The molecule has 1 aromatic carbocycles. The van der Waals surface area contributed by atoms with Gasteiger partial charge in [-0.15, -0.1) is 0 Å². The molecular weight excluding hydrogens is 360 g/mol. The highest BCUT2D eigenvalue weighted by atomic mass is 32.2. The van der Waals surface area contributed by atoms with Gasteiger partial charge in [-0.25, -0.2) is 4.79 Å². The van der Waals surface area contributed by atoms with E-state index in [-0.39, 0.29) is 19.1 Å². The Kier molecular flexibility index (Phi) is 6.55. The Bertz CT molecular complexity index is 694. The van der Waals surface area contributed by atoms with E-state index in [0.29, 0.717) is 22.2 Å². The first-order valence-corrected chi connectivity index (χ1v) is 9.17. The van der Waals surface area contributed by atoms with E-state index in [1.54, 1.807) is 0 Å². The zero-order valence-electron chi connectivity index (χ0n) is 14.4. The van der Waals surface area contributed by atoms with Crippen molar-refractivity contribution in [3.05, 3.63) is 34.4 Å². The number of aryl methyl sites for hydroxylation is 3. The molecular formula is C17H20N2O4S2. The standard InChI is InChI=1S/C17H20N2O4S2/c1-10-6-11(2)15(12(3)7-10)16(22)23-8-13(20)18-4-5-19-14(21)9-25-17(19)24/h6-7H,4-5,8-9H2,1-3H3,(H,18,20). The largest absolute Gasteiger partial charge is 0.452 e. The number of nitrogens with zero attached hydrogens (tertiary/aromatic N) is 1. The maximum atomic E-state index is 12.2. The van der Waals surface area contributed by atoms with Crippen LogP contribution in [-0.4, -0.2) is 52.5 Å². The van der Waals surface area contributed by atoms with Gasteiger partial charge in [-0.3, -0.25) is 14.5 Å². The maximum Gasteiger partial charge on any atom is 0.339 e. The van der Waals surface area contributed by atoms with E-state index in [9.17, 15) is 14.4 Å². The number of thiocarbonyl (C=S) groups is 1. The summed E-state index contributed by atoms with van der Waals surface area (Å²) in [5, 5.41) is 2.62. The van der Waals surface area contributed by atoms with E-state index >= 15 is 0 Å². The van der Waals surface area contributed by atoms with Crippen molar-refractivity contribution in [2.45, 2.75) is 20.8 Å². The molecule has 1 aliphatic heterocycles. The van der Waals surface area contributed by atoms with Crippen molar-refractivity contribution < 1.29 is 19.1 Å². The molecule has 1 aromatic rings. The van der Waals surface area contributed by atoms with Crippen LogP contribution >= 0.6 is 24.0 Å². The molecule has 0 saturated carbocycles. The molecule has 1 fully saturated rings. The van der Waals surface area contributed by atoms with Gasteiger partial charge in [0.15, 0.2) is 6.61 Å². The van der Waals surface area contributed by atoms with Crippen LogP contribution in [0.1, 0.15) is 27.0 Å². The van der Waals surface area contributed by atoms with E-state index < -0.39 is 11.9 Å². The van der Waals surface area contributed by atoms with E-state index in [1.165, 1.54) is 16.7 Å². The van der Waals surface area contributed by atoms with Gasteiger partial charge >= 0.3 is 5.97 Å². The summed E-state index contributed by atoms with van der Waals surface area (Å²) in [4.78, 5) is 37.0. The quantitative estimate of drug-likeness (QED) is 0.599. The van der Waals surface area contributed by atoms with E-state index in [1.807, 2.05) is 32.9 Å². The third kappa shape index (κ3) is 5.02. The number of hydrogen-bond acceptors (Lipinski definition) is 6. The molecule has 134 valence electrons. The molecule has 0 atom stereocenters. The maximum absolute atomic E-state index is 12.2. The summed E-state index contributed by atoms with van der Waals surface area (Å²) >= 11 is 6.37. The minimum absolute atomic E-state index is 0.0546. The number of carbonyl (C=O) groups excluding carboxylic acids is 3. The summed E-state index contributed by atoms with van der Waals surface area (Å²) in [5.41, 5.74) is 3.20. The van der Waals surface area contributed by atoms with E-state index in [4.69, 9.17) is 17.0 Å². The van der Waals surface area contributed by atoms with Crippen molar-refractivity contribution in [2.24, 2.45) is 0 Å². The van der Waals surface area contributed by atoms with Gasteiger partial charge in [0.05, 0.1) is 11.3 Å². The SMILES string of the molecule is Cc1cc(C)c(C(=O)OCC(=O)NCCN2C(=O)CSC2=S)c(C)c1. The van der Waals surface area contributed by atoms with Crippen molar-refractivity contribution in [3.63, 3.8) is 0 Å². The number of carbonyl (C=O) groups is 3. The molecule has 25 heavy (non-hydrogen) atoms. The Morgan fingerprint density at radius 1 is 1.28 bits per heavy atom. The average molecular weight is 380 g/mol. The average Bonchev–Trinajstić information content (AvgIpc) is 2.83. The Labute approximate surface area is 156 Å².